The van der Waals surface area contributed by atoms with Crippen molar-refractivity contribution in [3.8, 4) is 0 Å². The number of thioether (sulfide) groups is 1. The van der Waals surface area contributed by atoms with E-state index in [1.54, 1.807) is 24.3 Å². The van der Waals surface area contributed by atoms with Crippen LogP contribution in [0.1, 0.15) is 47.4 Å². The van der Waals surface area contributed by atoms with Crippen molar-refractivity contribution in [2.24, 2.45) is 4.99 Å². The second-order valence-corrected chi connectivity index (χ2v) is 9.79. The van der Waals surface area contributed by atoms with Crippen molar-refractivity contribution in [2.75, 3.05) is 25.0 Å². The highest BCUT2D eigenvalue weighted by Gasteiger charge is 2.33. The van der Waals surface area contributed by atoms with Gasteiger partial charge in [-0.3, -0.25) is 19.1 Å². The summed E-state index contributed by atoms with van der Waals surface area (Å²) in [5.74, 6) is -0.650. The Morgan fingerprint density at radius 3 is 2.56 bits per heavy atom. The number of rotatable bonds is 8. The first-order chi connectivity index (χ1) is 16.4. The first-order valence-corrected chi connectivity index (χ1v) is 12.5. The molecule has 2 aliphatic heterocycles. The number of hydrogen-bond acceptors (Lipinski definition) is 6. The van der Waals surface area contributed by atoms with E-state index in [9.17, 15) is 14.4 Å². The molecule has 10 heteroatoms. The first-order valence-electron chi connectivity index (χ1n) is 11.6. The predicted octanol–water partition coefficient (Wildman–Crippen LogP) is 2.74. The van der Waals surface area contributed by atoms with Crippen molar-refractivity contribution < 1.29 is 14.4 Å². The Bertz CT molecular complexity index is 1090. The van der Waals surface area contributed by atoms with E-state index in [-0.39, 0.29) is 24.1 Å². The van der Waals surface area contributed by atoms with Crippen molar-refractivity contribution >= 4 is 40.3 Å². The highest BCUT2D eigenvalue weighted by atomic mass is 32.2. The minimum atomic E-state index is -0.477. The Kier molecular flexibility index (Phi) is 7.66. The molecule has 0 bridgehead atoms. The molecule has 9 nitrogen and oxygen atoms in total. The van der Waals surface area contributed by atoms with Gasteiger partial charge < -0.3 is 15.5 Å². The van der Waals surface area contributed by atoms with Crippen molar-refractivity contribution in [2.45, 2.75) is 51.3 Å². The number of likely N-dealkylation sites (tertiary alicyclic amines) is 1. The summed E-state index contributed by atoms with van der Waals surface area (Å²) in [6.45, 7) is 7.11. The van der Waals surface area contributed by atoms with Gasteiger partial charge in [0.2, 0.25) is 5.91 Å². The molecule has 2 aliphatic rings. The molecule has 180 valence electrons. The van der Waals surface area contributed by atoms with Gasteiger partial charge >= 0.3 is 0 Å². The van der Waals surface area contributed by atoms with Gasteiger partial charge in [0, 0.05) is 49.5 Å². The molecule has 2 N–H and O–H groups in total. The van der Waals surface area contributed by atoms with Gasteiger partial charge in [0.15, 0.2) is 5.17 Å². The molecule has 3 amide bonds. The van der Waals surface area contributed by atoms with Gasteiger partial charge in [0.05, 0.1) is 5.69 Å². The number of amides is 3. The number of carbonyl (C=O) groups is 3. The predicted molar refractivity (Wildman–Crippen MR) is 133 cm³/mol. The van der Waals surface area contributed by atoms with E-state index in [1.165, 1.54) is 11.8 Å². The topological polar surface area (TPSA) is 109 Å². The number of benzene rings is 1. The average molecular weight is 483 g/mol. The molecule has 1 aromatic carbocycles. The number of nitrogens with one attached hydrogen (secondary N) is 2. The zero-order valence-corrected chi connectivity index (χ0v) is 20.4. The third kappa shape index (κ3) is 6.05. The van der Waals surface area contributed by atoms with Crippen LogP contribution >= 0.6 is 11.8 Å². The van der Waals surface area contributed by atoms with Crippen LogP contribution in [0.2, 0.25) is 0 Å². The van der Waals surface area contributed by atoms with Crippen LogP contribution in [0, 0.1) is 13.8 Å². The Hall–Kier alpha value is -3.14. The van der Waals surface area contributed by atoms with E-state index in [0.717, 1.165) is 55.5 Å². The molecule has 1 aromatic heterocycles. The number of carbonyl (C=O) groups excluding carboxylic acids is 3. The zero-order valence-electron chi connectivity index (χ0n) is 19.5. The summed E-state index contributed by atoms with van der Waals surface area (Å²) >= 11 is 1.38. The molecule has 0 spiro atoms. The lowest BCUT2D eigenvalue weighted by molar-refractivity contribution is -0.121. The minimum absolute atomic E-state index is 0.0713. The molecule has 34 heavy (non-hydrogen) atoms. The summed E-state index contributed by atoms with van der Waals surface area (Å²) in [4.78, 5) is 43.3. The van der Waals surface area contributed by atoms with Gasteiger partial charge in [-0.15, -0.1) is 0 Å². The number of aliphatic imine (C=N–C) groups is 1. The fourth-order valence-corrected chi connectivity index (χ4v) is 5.19. The van der Waals surface area contributed by atoms with Crippen LogP contribution in [0.15, 0.2) is 35.3 Å². The molecular weight excluding hydrogens is 452 g/mol. The van der Waals surface area contributed by atoms with E-state index in [4.69, 9.17) is 0 Å². The van der Waals surface area contributed by atoms with Crippen LogP contribution < -0.4 is 10.6 Å². The first kappa shape index (κ1) is 24.0. The van der Waals surface area contributed by atoms with E-state index in [0.29, 0.717) is 17.8 Å². The minimum Gasteiger partial charge on any atom is -0.352 e. The van der Waals surface area contributed by atoms with E-state index < -0.39 is 5.25 Å². The second kappa shape index (κ2) is 10.9. The van der Waals surface area contributed by atoms with Crippen LogP contribution in [-0.4, -0.2) is 62.5 Å². The second-order valence-electron chi connectivity index (χ2n) is 8.62. The quantitative estimate of drug-likeness (QED) is 0.560. The van der Waals surface area contributed by atoms with Gasteiger partial charge in [0.1, 0.15) is 5.25 Å². The molecule has 1 atom stereocenters. The van der Waals surface area contributed by atoms with Crippen molar-refractivity contribution in [3.05, 3.63) is 47.3 Å². The smallest absolute Gasteiger partial charge is 0.262 e. The van der Waals surface area contributed by atoms with E-state index >= 15 is 0 Å². The Morgan fingerprint density at radius 1 is 1.15 bits per heavy atom. The molecule has 1 saturated heterocycles. The van der Waals surface area contributed by atoms with Gasteiger partial charge in [-0.05, 0) is 63.4 Å². The molecule has 2 aromatic rings. The lowest BCUT2D eigenvalue weighted by Crippen LogP contribution is -2.25. The van der Waals surface area contributed by atoms with Crippen LogP contribution in [0.3, 0.4) is 0 Å². The third-order valence-electron chi connectivity index (χ3n) is 5.84. The SMILES string of the molecule is Cc1cc(C)n(CCCNC(=O)c2ccc(NC(=O)C[C@@H]3SC(N4CCCC4)=NC3=O)cc2)n1. The summed E-state index contributed by atoms with van der Waals surface area (Å²) in [7, 11) is 0. The molecule has 0 unspecified atom stereocenters. The number of nitrogens with zero attached hydrogens (tertiary/aromatic N) is 4. The number of hydrogen-bond donors (Lipinski definition) is 2. The van der Waals surface area contributed by atoms with Gasteiger partial charge in [0.25, 0.3) is 11.8 Å². The highest BCUT2D eigenvalue weighted by Crippen LogP contribution is 2.29. The standard InChI is InChI=1S/C24H30N6O3S/c1-16-14-17(2)30(28-16)13-5-10-25-22(32)18-6-8-19(9-7-18)26-21(31)15-20-23(33)27-24(34-20)29-11-3-4-12-29/h6-9,14,20H,3-5,10-13,15H2,1-2H3,(H,25,32)(H,26,31)/t20-/m0/s1. The zero-order chi connectivity index (χ0) is 24.1. The summed E-state index contributed by atoms with van der Waals surface area (Å²) in [6.07, 6.45) is 3.07. The molecule has 3 heterocycles. The Morgan fingerprint density at radius 2 is 1.88 bits per heavy atom. The van der Waals surface area contributed by atoms with Gasteiger partial charge in [-0.2, -0.15) is 10.1 Å². The highest BCUT2D eigenvalue weighted by molar-refractivity contribution is 8.15. The van der Waals surface area contributed by atoms with E-state index in [2.05, 4.69) is 25.6 Å². The summed E-state index contributed by atoms with van der Waals surface area (Å²) in [5.41, 5.74) is 3.20. The molecule has 1 fully saturated rings. The monoisotopic (exact) mass is 482 g/mol. The number of anilines is 1. The van der Waals surface area contributed by atoms with Gasteiger partial charge in [-0.1, -0.05) is 11.8 Å². The van der Waals surface area contributed by atoms with Gasteiger partial charge in [-0.25, -0.2) is 0 Å². The number of aromatic nitrogens is 2. The fourth-order valence-electron chi connectivity index (χ4n) is 4.07. The van der Waals surface area contributed by atoms with Crippen molar-refractivity contribution in [3.63, 3.8) is 0 Å². The van der Waals surface area contributed by atoms with Crippen LogP contribution in [0.5, 0.6) is 0 Å². The van der Waals surface area contributed by atoms with Crippen molar-refractivity contribution in [1.82, 2.24) is 20.0 Å². The van der Waals surface area contributed by atoms with E-state index in [1.807, 2.05) is 24.6 Å². The number of amidine groups is 1. The largest absolute Gasteiger partial charge is 0.352 e. The normalized spacial score (nSPS) is 17.7. The third-order valence-corrected chi connectivity index (χ3v) is 7.06. The summed E-state index contributed by atoms with van der Waals surface area (Å²) in [6, 6.07) is 8.77. The maximum atomic E-state index is 12.4. The molecule has 4 rings (SSSR count). The summed E-state index contributed by atoms with van der Waals surface area (Å²) in [5, 5.41) is 10.4. The maximum Gasteiger partial charge on any atom is 0.262 e. The number of aryl methyl sites for hydroxylation is 3. The maximum absolute atomic E-state index is 12.4. The molecule has 0 radical (unpaired) electrons. The lowest BCUT2D eigenvalue weighted by atomic mass is 10.2. The van der Waals surface area contributed by atoms with Crippen LogP contribution in [0.4, 0.5) is 5.69 Å². The fraction of sp³-hybridized carbons (Fsp3) is 0.458. The average Bonchev–Trinajstić information content (AvgIpc) is 3.53. The molecule has 0 saturated carbocycles. The Labute approximate surface area is 203 Å². The molecular formula is C24H30N6O3S. The summed E-state index contributed by atoms with van der Waals surface area (Å²) < 4.78 is 1.94. The molecule has 0 aliphatic carbocycles. The van der Waals surface area contributed by atoms with Crippen molar-refractivity contribution in [1.29, 1.82) is 0 Å². The van der Waals surface area contributed by atoms with Crippen LogP contribution in [-0.2, 0) is 16.1 Å². The van der Waals surface area contributed by atoms with Crippen LogP contribution in [0.25, 0.3) is 0 Å². The lowest BCUT2D eigenvalue weighted by Gasteiger charge is -2.16. The Balaban J connectivity index is 1.19.